The predicted octanol–water partition coefficient (Wildman–Crippen LogP) is 2.93. The second-order valence-corrected chi connectivity index (χ2v) is 4.80. The van der Waals surface area contributed by atoms with Crippen LogP contribution >= 0.6 is 28.3 Å². The summed E-state index contributed by atoms with van der Waals surface area (Å²) in [7, 11) is 0. The molecule has 0 fully saturated rings. The highest BCUT2D eigenvalue weighted by atomic mass is 79.9. The Labute approximate surface area is 114 Å². The Morgan fingerprint density at radius 3 is 2.53 bits per heavy atom. The van der Waals surface area contributed by atoms with Crippen LogP contribution in [-0.2, 0) is 4.79 Å². The van der Waals surface area contributed by atoms with Crippen LogP contribution in [0.25, 0.3) is 0 Å². The first-order chi connectivity index (χ1) is 7.41. The average molecular weight is 326 g/mol. The highest BCUT2D eigenvalue weighted by Gasteiger charge is 2.18. The summed E-state index contributed by atoms with van der Waals surface area (Å²) in [5, 5.41) is 2.46. The van der Waals surface area contributed by atoms with Crippen molar-refractivity contribution in [3.05, 3.63) is 28.5 Å². The van der Waals surface area contributed by atoms with Crippen LogP contribution < -0.4 is 11.1 Å². The fourth-order valence-electron chi connectivity index (χ4n) is 1.11. The molecule has 0 bridgehead atoms. The topological polar surface area (TPSA) is 55.1 Å². The normalized spacial score (nSPS) is 11.9. The van der Waals surface area contributed by atoms with E-state index in [9.17, 15) is 9.18 Å². The van der Waals surface area contributed by atoms with E-state index in [1.54, 1.807) is 6.07 Å². The van der Waals surface area contributed by atoms with Crippen molar-refractivity contribution in [1.82, 2.24) is 0 Å². The van der Waals surface area contributed by atoms with Crippen LogP contribution in [0.3, 0.4) is 0 Å². The minimum absolute atomic E-state index is 0. The van der Waals surface area contributed by atoms with Crippen molar-refractivity contribution < 1.29 is 9.18 Å². The Morgan fingerprint density at radius 1 is 1.47 bits per heavy atom. The molecule has 6 heteroatoms. The summed E-state index contributed by atoms with van der Waals surface area (Å²) >= 11 is 3.14. The Kier molecular flexibility index (Phi) is 6.67. The SMILES string of the molecule is CC(C)[C@H](N)C(=O)Nc1ccc(Br)cc1F.Cl. The molecule has 17 heavy (non-hydrogen) atoms. The van der Waals surface area contributed by atoms with Gasteiger partial charge in [0.1, 0.15) is 5.82 Å². The highest BCUT2D eigenvalue weighted by molar-refractivity contribution is 9.10. The van der Waals surface area contributed by atoms with Crippen molar-refractivity contribution in [1.29, 1.82) is 0 Å². The number of halogens is 3. The van der Waals surface area contributed by atoms with Gasteiger partial charge in [-0.05, 0) is 24.1 Å². The quantitative estimate of drug-likeness (QED) is 0.898. The largest absolute Gasteiger partial charge is 0.322 e. The van der Waals surface area contributed by atoms with Crippen molar-refractivity contribution in [3.63, 3.8) is 0 Å². The molecular weight excluding hydrogens is 310 g/mol. The molecule has 1 amide bonds. The van der Waals surface area contributed by atoms with Gasteiger partial charge in [-0.15, -0.1) is 12.4 Å². The molecule has 0 radical (unpaired) electrons. The van der Waals surface area contributed by atoms with Gasteiger partial charge in [-0.1, -0.05) is 29.8 Å². The number of nitrogens with one attached hydrogen (secondary N) is 1. The van der Waals surface area contributed by atoms with Gasteiger partial charge in [0, 0.05) is 4.47 Å². The lowest BCUT2D eigenvalue weighted by atomic mass is 10.0. The molecule has 0 heterocycles. The molecule has 3 N–H and O–H groups in total. The summed E-state index contributed by atoms with van der Waals surface area (Å²) in [6.07, 6.45) is 0. The van der Waals surface area contributed by atoms with Gasteiger partial charge in [0.25, 0.3) is 0 Å². The Morgan fingerprint density at radius 2 is 2.06 bits per heavy atom. The molecule has 3 nitrogen and oxygen atoms in total. The minimum Gasteiger partial charge on any atom is -0.322 e. The lowest BCUT2D eigenvalue weighted by Gasteiger charge is -2.15. The van der Waals surface area contributed by atoms with Gasteiger partial charge in [0.05, 0.1) is 11.7 Å². The summed E-state index contributed by atoms with van der Waals surface area (Å²) in [6.45, 7) is 3.67. The molecule has 0 saturated heterocycles. The third kappa shape index (κ3) is 4.61. The van der Waals surface area contributed by atoms with E-state index < -0.39 is 11.9 Å². The van der Waals surface area contributed by atoms with Crippen molar-refractivity contribution in [2.45, 2.75) is 19.9 Å². The number of carbonyl (C=O) groups excluding carboxylic acids is 1. The molecule has 0 saturated carbocycles. The van der Waals surface area contributed by atoms with Gasteiger partial charge < -0.3 is 11.1 Å². The van der Waals surface area contributed by atoms with Crippen LogP contribution in [0.1, 0.15) is 13.8 Å². The molecule has 0 aliphatic rings. The lowest BCUT2D eigenvalue weighted by molar-refractivity contribution is -0.118. The third-order valence-corrected chi connectivity index (χ3v) is 2.70. The van der Waals surface area contributed by atoms with E-state index in [-0.39, 0.29) is 29.9 Å². The maximum Gasteiger partial charge on any atom is 0.241 e. The fraction of sp³-hybridized carbons (Fsp3) is 0.364. The second-order valence-electron chi connectivity index (χ2n) is 3.88. The first-order valence-corrected chi connectivity index (χ1v) is 5.72. The molecular formula is C11H15BrClFN2O. The van der Waals surface area contributed by atoms with Crippen molar-refractivity contribution in [3.8, 4) is 0 Å². The van der Waals surface area contributed by atoms with Crippen LogP contribution in [0.4, 0.5) is 10.1 Å². The monoisotopic (exact) mass is 324 g/mol. The molecule has 1 aromatic rings. The van der Waals surface area contributed by atoms with E-state index in [1.165, 1.54) is 12.1 Å². The average Bonchev–Trinajstić information content (AvgIpc) is 2.20. The maximum absolute atomic E-state index is 13.4. The number of carbonyl (C=O) groups is 1. The van der Waals surface area contributed by atoms with Gasteiger partial charge in [-0.25, -0.2) is 4.39 Å². The van der Waals surface area contributed by atoms with Gasteiger partial charge in [0.2, 0.25) is 5.91 Å². The maximum atomic E-state index is 13.4. The van der Waals surface area contributed by atoms with E-state index in [2.05, 4.69) is 21.2 Å². The molecule has 1 rings (SSSR count). The van der Waals surface area contributed by atoms with Crippen molar-refractivity contribution >= 4 is 39.9 Å². The third-order valence-electron chi connectivity index (χ3n) is 2.21. The molecule has 0 aliphatic carbocycles. The molecule has 0 spiro atoms. The zero-order valence-corrected chi connectivity index (χ0v) is 11.9. The Balaban J connectivity index is 0.00000256. The molecule has 96 valence electrons. The molecule has 1 atom stereocenters. The lowest BCUT2D eigenvalue weighted by Crippen LogP contribution is -2.39. The van der Waals surface area contributed by atoms with Crippen LogP contribution in [-0.4, -0.2) is 11.9 Å². The minimum atomic E-state index is -0.636. The van der Waals surface area contributed by atoms with Crippen LogP contribution in [0.5, 0.6) is 0 Å². The zero-order valence-electron chi connectivity index (χ0n) is 9.54. The van der Waals surface area contributed by atoms with E-state index in [0.29, 0.717) is 4.47 Å². The standard InChI is InChI=1S/C11H14BrFN2O.ClH/c1-6(2)10(14)11(16)15-9-4-3-7(12)5-8(9)13;/h3-6,10H,14H2,1-2H3,(H,15,16);1H/t10-;/m0./s1. The number of anilines is 1. The summed E-state index contributed by atoms with van der Waals surface area (Å²) < 4.78 is 14.0. The van der Waals surface area contributed by atoms with Gasteiger partial charge in [-0.2, -0.15) is 0 Å². The van der Waals surface area contributed by atoms with Crippen molar-refractivity contribution in [2.75, 3.05) is 5.32 Å². The Bertz CT molecular complexity index is 401. The fourth-order valence-corrected chi connectivity index (χ4v) is 1.44. The molecule has 0 aliphatic heterocycles. The summed E-state index contributed by atoms with van der Waals surface area (Å²) in [6, 6.07) is 3.79. The van der Waals surface area contributed by atoms with Gasteiger partial charge in [-0.3, -0.25) is 4.79 Å². The summed E-state index contributed by atoms with van der Waals surface area (Å²) in [5.41, 5.74) is 5.79. The van der Waals surface area contributed by atoms with Gasteiger partial charge in [0.15, 0.2) is 0 Å². The molecule has 0 unspecified atom stereocenters. The number of rotatable bonds is 3. The zero-order chi connectivity index (χ0) is 12.3. The number of hydrogen-bond acceptors (Lipinski definition) is 2. The number of hydrogen-bond donors (Lipinski definition) is 2. The van der Waals surface area contributed by atoms with Crippen LogP contribution in [0.2, 0.25) is 0 Å². The second kappa shape index (κ2) is 6.93. The van der Waals surface area contributed by atoms with E-state index in [1.807, 2.05) is 13.8 Å². The molecule has 0 aromatic heterocycles. The van der Waals surface area contributed by atoms with Gasteiger partial charge >= 0.3 is 0 Å². The Hall–Kier alpha value is -0.650. The number of nitrogens with two attached hydrogens (primary N) is 1. The van der Waals surface area contributed by atoms with E-state index in [4.69, 9.17) is 5.73 Å². The van der Waals surface area contributed by atoms with E-state index >= 15 is 0 Å². The summed E-state index contributed by atoms with van der Waals surface area (Å²) in [4.78, 5) is 11.6. The van der Waals surface area contributed by atoms with Crippen molar-refractivity contribution in [2.24, 2.45) is 11.7 Å². The number of amides is 1. The molecule has 1 aromatic carbocycles. The highest BCUT2D eigenvalue weighted by Crippen LogP contribution is 2.19. The predicted molar refractivity (Wildman–Crippen MR) is 72.8 cm³/mol. The first kappa shape index (κ1) is 16.4. The smallest absolute Gasteiger partial charge is 0.241 e. The number of benzene rings is 1. The van der Waals surface area contributed by atoms with Crippen LogP contribution in [0, 0.1) is 11.7 Å². The van der Waals surface area contributed by atoms with E-state index in [0.717, 1.165) is 0 Å². The first-order valence-electron chi connectivity index (χ1n) is 4.93. The summed E-state index contributed by atoms with van der Waals surface area (Å²) in [5.74, 6) is -0.853. The van der Waals surface area contributed by atoms with Crippen LogP contribution in [0.15, 0.2) is 22.7 Å².